The summed E-state index contributed by atoms with van der Waals surface area (Å²) in [6, 6.07) is 10.5. The van der Waals surface area contributed by atoms with Gasteiger partial charge in [-0.25, -0.2) is 9.97 Å². The van der Waals surface area contributed by atoms with Gasteiger partial charge in [-0.05, 0) is 25.0 Å². The molecule has 0 radical (unpaired) electrons. The zero-order valence-electron chi connectivity index (χ0n) is 16.4. The molecular weight excluding hydrogens is 423 g/mol. The second-order valence-corrected chi connectivity index (χ2v) is 7.59. The molecule has 1 saturated heterocycles. The Balaban J connectivity index is 0.00000128. The van der Waals surface area contributed by atoms with Gasteiger partial charge in [-0.15, -0.1) is 24.8 Å². The molecule has 0 N–H and O–H groups in total. The summed E-state index contributed by atoms with van der Waals surface area (Å²) in [5.74, 6) is 0.612. The molecule has 30 heavy (non-hydrogen) atoms. The third kappa shape index (κ3) is 4.82. The molecule has 1 amide bonds. The third-order valence-electron chi connectivity index (χ3n) is 5.50. The van der Waals surface area contributed by atoms with E-state index < -0.39 is 0 Å². The number of ether oxygens (including phenoxy) is 1. The van der Waals surface area contributed by atoms with E-state index in [0.717, 1.165) is 60.8 Å². The van der Waals surface area contributed by atoms with Crippen molar-refractivity contribution in [3.8, 4) is 17.1 Å². The molecule has 1 aromatic carbocycles. The van der Waals surface area contributed by atoms with Crippen molar-refractivity contribution >= 4 is 41.6 Å². The minimum atomic E-state index is 0. The van der Waals surface area contributed by atoms with E-state index in [1.807, 2.05) is 35.4 Å². The summed E-state index contributed by atoms with van der Waals surface area (Å²) in [6.45, 7) is 1.53. The molecule has 2 aromatic heterocycles. The number of benzene rings is 1. The molecule has 1 saturated carbocycles. The van der Waals surface area contributed by atoms with Crippen LogP contribution in [0, 0.1) is 5.92 Å². The molecule has 0 spiro atoms. The van der Waals surface area contributed by atoms with Crippen molar-refractivity contribution < 1.29 is 9.53 Å². The molecule has 0 atom stereocenters. The summed E-state index contributed by atoms with van der Waals surface area (Å²) in [5.41, 5.74) is 2.87. The highest BCUT2D eigenvalue weighted by Gasteiger charge is 2.35. The zero-order valence-corrected chi connectivity index (χ0v) is 18.1. The number of likely N-dealkylation sites (tertiary alicyclic amines) is 1. The topological polar surface area (TPSA) is 68.2 Å². The smallest absolute Gasteiger partial charge is 0.316 e. The van der Waals surface area contributed by atoms with Gasteiger partial charge in [0.2, 0.25) is 5.91 Å². The van der Waals surface area contributed by atoms with Gasteiger partial charge < -0.3 is 9.64 Å². The maximum Gasteiger partial charge on any atom is 0.316 e. The lowest BCUT2D eigenvalue weighted by Gasteiger charge is -2.31. The summed E-state index contributed by atoms with van der Waals surface area (Å²) in [5, 5.41) is 1.09. The van der Waals surface area contributed by atoms with Crippen LogP contribution in [0.1, 0.15) is 25.7 Å². The van der Waals surface area contributed by atoms with Crippen LogP contribution in [0.3, 0.4) is 0 Å². The molecule has 1 aliphatic carbocycles. The number of hydrogen-bond donors (Lipinski definition) is 0. The van der Waals surface area contributed by atoms with E-state index in [0.29, 0.717) is 11.9 Å². The highest BCUT2D eigenvalue weighted by molar-refractivity contribution is 5.86. The quantitative estimate of drug-likeness (QED) is 0.596. The molecule has 2 aliphatic rings. The molecule has 8 heteroatoms. The Kier molecular flexibility index (Phi) is 7.10. The van der Waals surface area contributed by atoms with Gasteiger partial charge in [0.15, 0.2) is 0 Å². The predicted molar refractivity (Wildman–Crippen MR) is 120 cm³/mol. The number of aromatic nitrogens is 3. The predicted octanol–water partition coefficient (Wildman–Crippen LogP) is 4.32. The van der Waals surface area contributed by atoms with Crippen LogP contribution in [0.25, 0.3) is 22.0 Å². The number of hydrogen-bond acceptors (Lipinski definition) is 5. The first-order chi connectivity index (χ1) is 13.8. The molecule has 3 aromatic rings. The maximum atomic E-state index is 12.1. The Morgan fingerprint density at radius 2 is 1.57 bits per heavy atom. The first-order valence-corrected chi connectivity index (χ1v) is 9.89. The summed E-state index contributed by atoms with van der Waals surface area (Å²) in [6.07, 6.45) is 9.24. The van der Waals surface area contributed by atoms with E-state index in [1.165, 1.54) is 0 Å². The van der Waals surface area contributed by atoms with Gasteiger partial charge in [0, 0.05) is 67.0 Å². The monoisotopic (exact) mass is 446 g/mol. The minimum Gasteiger partial charge on any atom is -0.460 e. The molecular formula is C22H24Cl2N4O2. The SMILES string of the molecule is Cl.Cl.O=C(C1CC1)N1CCC(Oc2ncc(-c3cnc4ccccc4c3)cn2)CC1. The van der Waals surface area contributed by atoms with Crippen LogP contribution in [0.5, 0.6) is 6.01 Å². The summed E-state index contributed by atoms with van der Waals surface area (Å²) in [7, 11) is 0. The van der Waals surface area contributed by atoms with Crippen molar-refractivity contribution in [2.24, 2.45) is 5.92 Å². The fourth-order valence-electron chi connectivity index (χ4n) is 3.69. The summed E-state index contributed by atoms with van der Waals surface area (Å²) in [4.78, 5) is 27.4. The van der Waals surface area contributed by atoms with Gasteiger partial charge in [0.1, 0.15) is 6.10 Å². The Morgan fingerprint density at radius 1 is 0.900 bits per heavy atom. The number of amides is 1. The molecule has 6 nitrogen and oxygen atoms in total. The fourth-order valence-corrected chi connectivity index (χ4v) is 3.69. The van der Waals surface area contributed by atoms with Gasteiger partial charge in [0.05, 0.1) is 5.52 Å². The van der Waals surface area contributed by atoms with Gasteiger partial charge in [-0.2, -0.15) is 0 Å². The number of nitrogens with zero attached hydrogens (tertiary/aromatic N) is 4. The average Bonchev–Trinajstić information content (AvgIpc) is 3.59. The Hall–Kier alpha value is -2.44. The van der Waals surface area contributed by atoms with E-state index in [2.05, 4.69) is 21.0 Å². The molecule has 0 bridgehead atoms. The van der Waals surface area contributed by atoms with Crippen molar-refractivity contribution in [3.05, 3.63) is 48.9 Å². The molecule has 5 rings (SSSR count). The van der Waals surface area contributed by atoms with E-state index >= 15 is 0 Å². The largest absolute Gasteiger partial charge is 0.460 e. The van der Waals surface area contributed by atoms with Gasteiger partial charge in [-0.3, -0.25) is 9.78 Å². The zero-order chi connectivity index (χ0) is 18.9. The van der Waals surface area contributed by atoms with E-state index in [4.69, 9.17) is 4.74 Å². The molecule has 3 heterocycles. The highest BCUT2D eigenvalue weighted by atomic mass is 35.5. The number of carbonyl (C=O) groups excluding carboxylic acids is 1. The second-order valence-electron chi connectivity index (χ2n) is 7.59. The van der Waals surface area contributed by atoms with Crippen molar-refractivity contribution in [3.63, 3.8) is 0 Å². The highest BCUT2D eigenvalue weighted by Crippen LogP contribution is 2.32. The lowest BCUT2D eigenvalue weighted by Crippen LogP contribution is -2.42. The average molecular weight is 447 g/mol. The van der Waals surface area contributed by atoms with Gasteiger partial charge in [0.25, 0.3) is 0 Å². The van der Waals surface area contributed by atoms with Gasteiger partial charge in [-0.1, -0.05) is 18.2 Å². The minimum absolute atomic E-state index is 0. The Bertz CT molecular complexity index is 1000. The van der Waals surface area contributed by atoms with Crippen molar-refractivity contribution in [1.82, 2.24) is 19.9 Å². The van der Waals surface area contributed by atoms with E-state index in [9.17, 15) is 4.79 Å². The standard InChI is InChI=1S/C22H22N4O2.2ClH/c27-21(15-5-6-15)26-9-7-19(8-10-26)28-22-24-13-18(14-25-22)17-11-16-3-1-2-4-20(16)23-12-17;;/h1-4,11-15,19H,5-10H2;2*1H. The normalized spacial score (nSPS) is 16.5. The summed E-state index contributed by atoms with van der Waals surface area (Å²) >= 11 is 0. The van der Waals surface area contributed by atoms with Crippen molar-refractivity contribution in [2.75, 3.05) is 13.1 Å². The number of para-hydroxylation sites is 1. The number of rotatable bonds is 4. The van der Waals surface area contributed by atoms with Crippen LogP contribution in [0.2, 0.25) is 0 Å². The molecule has 158 valence electrons. The fraction of sp³-hybridized carbons (Fsp3) is 0.364. The van der Waals surface area contributed by atoms with E-state index in [-0.39, 0.29) is 36.8 Å². The van der Waals surface area contributed by atoms with Crippen LogP contribution in [-0.4, -0.2) is 45.0 Å². The second kappa shape index (κ2) is 9.58. The number of pyridine rings is 1. The van der Waals surface area contributed by atoms with Crippen LogP contribution in [0.15, 0.2) is 48.9 Å². The van der Waals surface area contributed by atoms with Crippen molar-refractivity contribution in [2.45, 2.75) is 31.8 Å². The van der Waals surface area contributed by atoms with Crippen molar-refractivity contribution in [1.29, 1.82) is 0 Å². The molecule has 2 fully saturated rings. The number of carbonyl (C=O) groups is 1. The number of fused-ring (bicyclic) bond motifs is 1. The number of halogens is 2. The number of piperidine rings is 1. The first-order valence-electron chi connectivity index (χ1n) is 9.89. The van der Waals surface area contributed by atoms with Crippen LogP contribution >= 0.6 is 24.8 Å². The maximum absolute atomic E-state index is 12.1. The lowest BCUT2D eigenvalue weighted by molar-refractivity contribution is -0.134. The Morgan fingerprint density at radius 3 is 2.27 bits per heavy atom. The molecule has 0 unspecified atom stereocenters. The first kappa shape index (κ1) is 22.2. The van der Waals surface area contributed by atoms with E-state index in [1.54, 1.807) is 12.4 Å². The van der Waals surface area contributed by atoms with Crippen LogP contribution in [-0.2, 0) is 4.79 Å². The lowest BCUT2D eigenvalue weighted by atomic mass is 10.1. The van der Waals surface area contributed by atoms with Gasteiger partial charge >= 0.3 is 6.01 Å². The van der Waals surface area contributed by atoms with Crippen LogP contribution < -0.4 is 4.74 Å². The summed E-state index contributed by atoms with van der Waals surface area (Å²) < 4.78 is 5.94. The molecule has 1 aliphatic heterocycles. The Labute approximate surface area is 187 Å². The van der Waals surface area contributed by atoms with Crippen LogP contribution in [0.4, 0.5) is 0 Å². The third-order valence-corrected chi connectivity index (χ3v) is 5.50.